The van der Waals surface area contributed by atoms with E-state index < -0.39 is 0 Å². The molecule has 0 aromatic carbocycles. The Bertz CT molecular complexity index is 885. The molecular formula is C14H16N9NiOS5+. The van der Waals surface area contributed by atoms with Gasteiger partial charge < -0.3 is 33.5 Å². The average molecular weight is 545 g/mol. The maximum absolute atomic E-state index is 7.13. The van der Waals surface area contributed by atoms with Gasteiger partial charge in [-0.05, 0) is 0 Å². The van der Waals surface area contributed by atoms with E-state index in [0.29, 0.717) is 20.5 Å². The van der Waals surface area contributed by atoms with E-state index in [0.717, 1.165) is 29.9 Å². The summed E-state index contributed by atoms with van der Waals surface area (Å²) in [5.74, 6) is 0. The van der Waals surface area contributed by atoms with Crippen molar-refractivity contribution in [3.05, 3.63) is 26.9 Å². The summed E-state index contributed by atoms with van der Waals surface area (Å²) >= 11 is 9.29. The minimum atomic E-state index is 0. The number of nitrogens with two attached hydrogens (primary N) is 4. The molecule has 4 rings (SSSR count). The number of nitrogen functional groups attached to an aromatic ring is 4. The third-order valence-corrected chi connectivity index (χ3v) is 5.31. The molecule has 0 atom stereocenters. The first-order valence-corrected chi connectivity index (χ1v) is 11.2. The van der Waals surface area contributed by atoms with Gasteiger partial charge >= 0.3 is 16.5 Å². The number of isothiocyanates is 1. The van der Waals surface area contributed by atoms with Gasteiger partial charge in [0.2, 0.25) is 0 Å². The molecule has 0 aliphatic rings. The van der Waals surface area contributed by atoms with Crippen molar-refractivity contribution in [2.75, 3.05) is 30.0 Å². The number of thiocarbonyl (C=S) groups is 1. The van der Waals surface area contributed by atoms with Crippen molar-refractivity contribution >= 4 is 83.3 Å². The monoisotopic (exact) mass is 544 g/mol. The summed E-state index contributed by atoms with van der Waals surface area (Å²) < 4.78 is 0. The van der Waals surface area contributed by atoms with Crippen LogP contribution < -0.4 is 22.9 Å². The van der Waals surface area contributed by atoms with Crippen molar-refractivity contribution < 1.29 is 21.6 Å². The predicted molar refractivity (Wildman–Crippen MR) is 128 cm³/mol. The molecule has 10 nitrogen and oxygen atoms in total. The second-order valence-corrected chi connectivity index (χ2v) is 8.12. The van der Waals surface area contributed by atoms with Gasteiger partial charge in [0.15, 0.2) is 20.5 Å². The fourth-order valence-corrected chi connectivity index (χ4v) is 3.85. The summed E-state index contributed by atoms with van der Waals surface area (Å²) in [6.07, 6.45) is 0. The molecule has 4 aromatic heterocycles. The molecule has 0 saturated carbocycles. The zero-order chi connectivity index (χ0) is 21.8. The summed E-state index contributed by atoms with van der Waals surface area (Å²) in [5, 5.41) is 25.1. The number of hydrogen-bond donors (Lipinski definition) is 5. The Morgan fingerprint density at radius 1 is 0.700 bits per heavy atom. The minimum absolute atomic E-state index is 0. The van der Waals surface area contributed by atoms with Crippen LogP contribution in [-0.4, -0.2) is 37.3 Å². The van der Waals surface area contributed by atoms with E-state index in [9.17, 15) is 0 Å². The summed E-state index contributed by atoms with van der Waals surface area (Å²) in [4.78, 5) is 16.3. The molecule has 0 aliphatic heterocycles. The third kappa shape index (κ3) is 9.19. The number of aliphatic hydroxyl groups is 1. The number of anilines is 4. The van der Waals surface area contributed by atoms with Gasteiger partial charge in [0, 0.05) is 28.6 Å². The maximum atomic E-state index is 7.13. The van der Waals surface area contributed by atoms with Crippen molar-refractivity contribution in [2.45, 2.75) is 0 Å². The van der Waals surface area contributed by atoms with E-state index in [1.807, 2.05) is 21.5 Å². The molecule has 16 heteroatoms. The summed E-state index contributed by atoms with van der Waals surface area (Å²) in [6, 6.07) is 0. The first kappa shape index (κ1) is 28.0. The van der Waals surface area contributed by atoms with Crippen molar-refractivity contribution in [2.24, 2.45) is 0 Å². The number of thiazole rings is 4. The number of aliphatic hydroxyl groups excluding tert-OH is 1. The van der Waals surface area contributed by atoms with Gasteiger partial charge in [-0.2, -0.15) is 5.16 Å². The maximum Gasteiger partial charge on any atom is 2.00 e. The number of nitrogens with zero attached hydrogens (tertiary/aromatic N) is 5. The molecule has 0 amide bonds. The molecule has 0 unspecified atom stereocenters. The Kier molecular flexibility index (Phi) is 13.9. The van der Waals surface area contributed by atoms with Crippen molar-refractivity contribution in [3.63, 3.8) is 0 Å². The van der Waals surface area contributed by atoms with E-state index in [1.54, 1.807) is 0 Å². The molecule has 0 fully saturated rings. The Morgan fingerprint density at radius 3 is 0.967 bits per heavy atom. The van der Waals surface area contributed by atoms with Crippen LogP contribution in [0.3, 0.4) is 0 Å². The van der Waals surface area contributed by atoms with Gasteiger partial charge in [-0.3, -0.25) is 0 Å². The quantitative estimate of drug-likeness (QED) is 0.142. The van der Waals surface area contributed by atoms with Gasteiger partial charge in [0.05, 0.1) is 0 Å². The molecule has 4 heterocycles. The summed E-state index contributed by atoms with van der Waals surface area (Å²) in [7, 11) is 1.00. The largest absolute Gasteiger partial charge is 2.00 e. The fourth-order valence-electron chi connectivity index (χ4n) is 1.62. The molecule has 30 heavy (non-hydrogen) atoms. The van der Waals surface area contributed by atoms with Crippen LogP contribution in [0.25, 0.3) is 28.2 Å². The number of rotatable bonds is 2. The van der Waals surface area contributed by atoms with Gasteiger partial charge in [-0.25, -0.2) is 19.9 Å². The van der Waals surface area contributed by atoms with E-state index in [4.69, 9.17) is 33.5 Å². The van der Waals surface area contributed by atoms with Crippen molar-refractivity contribution in [3.8, 4) is 22.8 Å². The van der Waals surface area contributed by atoms with Crippen LogP contribution >= 0.6 is 57.6 Å². The number of aromatic nitrogens is 4. The smallest absolute Gasteiger partial charge is 0.753 e. The Hall–Kier alpha value is -2.03. The second-order valence-electron chi connectivity index (χ2n) is 4.38. The van der Waals surface area contributed by atoms with E-state index >= 15 is 0 Å². The van der Waals surface area contributed by atoms with E-state index in [2.05, 4.69) is 32.2 Å². The van der Waals surface area contributed by atoms with Gasteiger partial charge in [0.25, 0.3) is 0 Å². The molecule has 0 aliphatic carbocycles. The Balaban J connectivity index is 0.000000451. The van der Waals surface area contributed by atoms with Crippen LogP contribution in [0.4, 0.5) is 20.5 Å². The fraction of sp³-hybridized carbons (Fsp3) is 0.0714. The van der Waals surface area contributed by atoms with E-state index in [-0.39, 0.29) is 16.5 Å². The summed E-state index contributed by atoms with van der Waals surface area (Å²) in [6.45, 7) is 0. The van der Waals surface area contributed by atoms with Gasteiger partial charge in [-0.15, -0.1) is 45.3 Å². The van der Waals surface area contributed by atoms with Crippen LogP contribution in [0.1, 0.15) is 0 Å². The van der Waals surface area contributed by atoms with Crippen LogP contribution in [-0.2, 0) is 16.5 Å². The SMILES string of the molecule is CO.Nc1nc(-c2csc(N)n2)cs1.Nc1nc(-c2csc(N)n2)cs1.[N-]=C=S.[Ni+2]. The van der Waals surface area contributed by atoms with Gasteiger partial charge in [0.1, 0.15) is 22.8 Å². The Labute approximate surface area is 203 Å². The van der Waals surface area contributed by atoms with E-state index in [1.165, 1.54) is 50.5 Å². The van der Waals surface area contributed by atoms with Crippen molar-refractivity contribution in [1.82, 2.24) is 19.9 Å². The molecule has 9 N–H and O–H groups in total. The predicted octanol–water partition coefficient (Wildman–Crippen LogP) is 3.13. The van der Waals surface area contributed by atoms with Crippen LogP contribution in [0.15, 0.2) is 21.5 Å². The molecular weight excluding hydrogens is 529 g/mol. The third-order valence-electron chi connectivity index (χ3n) is 2.61. The van der Waals surface area contributed by atoms with Gasteiger partial charge in [-0.1, -0.05) is 12.2 Å². The summed E-state index contributed by atoms with van der Waals surface area (Å²) in [5.41, 5.74) is 25.1. The van der Waals surface area contributed by atoms with Crippen LogP contribution in [0.2, 0.25) is 0 Å². The van der Waals surface area contributed by atoms with Crippen molar-refractivity contribution in [1.29, 1.82) is 0 Å². The standard InChI is InChI=1S/2C6H6N4S2.CNS.CH4O.Ni/c2*7-5-9-3(1-11-5)4-2-12-6(8)10-4;2-1-3;1-2;/h2*1-2H,(H2,7,9)(H2,8,10);;2H,1H3;/q;;-1;;+2. The second kappa shape index (κ2) is 14.9. The van der Waals surface area contributed by atoms with Crippen LogP contribution in [0, 0.1) is 0 Å². The minimum Gasteiger partial charge on any atom is -0.753 e. The molecule has 0 bridgehead atoms. The topological polar surface area (TPSA) is 198 Å². The van der Waals surface area contributed by atoms with Crippen LogP contribution in [0.5, 0.6) is 0 Å². The molecule has 0 radical (unpaired) electrons. The Morgan fingerprint density at radius 2 is 0.867 bits per heavy atom. The molecule has 162 valence electrons. The first-order valence-electron chi connectivity index (χ1n) is 7.23. The molecule has 0 saturated heterocycles. The number of hydrogen-bond acceptors (Lipinski definition) is 14. The normalized spacial score (nSPS) is 8.73. The molecule has 4 aromatic rings. The molecule has 0 spiro atoms. The first-order chi connectivity index (χ1) is 13.9. The average Bonchev–Trinajstić information content (AvgIpc) is 3.47. The zero-order valence-corrected chi connectivity index (χ0v) is 20.2. The zero-order valence-electron chi connectivity index (χ0n) is 15.2.